The number of halogens is 2. The Kier molecular flexibility index (Phi) is 2.22. The predicted molar refractivity (Wildman–Crippen MR) is 60.9 cm³/mol. The molecule has 0 fully saturated rings. The first-order valence-electron chi connectivity index (χ1n) is 5.12. The molecule has 0 aliphatic rings. The number of aromatic hydroxyl groups is 1. The number of aromatic amines is 1. The smallest absolute Gasteiger partial charge is 0.153 e. The van der Waals surface area contributed by atoms with Crippen LogP contribution in [-0.4, -0.2) is 20.1 Å². The fourth-order valence-electron chi connectivity index (χ4n) is 1.74. The summed E-state index contributed by atoms with van der Waals surface area (Å²) in [7, 11) is 0. The van der Waals surface area contributed by atoms with Gasteiger partial charge in [-0.25, -0.2) is 13.8 Å². The van der Waals surface area contributed by atoms with Crippen LogP contribution in [0.1, 0.15) is 0 Å². The summed E-state index contributed by atoms with van der Waals surface area (Å²) < 4.78 is 26.5. The first-order valence-corrected chi connectivity index (χ1v) is 5.12. The molecular formula is C12H7F2N3O. The standard InChI is InChI=1S/C12H7F2N3O/c13-7-2-9(14)11-10(3-7)16-12(17-11)6-1-8(18)5-15-4-6/h1-5,18H,(H,16,17). The summed E-state index contributed by atoms with van der Waals surface area (Å²) in [5.41, 5.74) is 0.798. The van der Waals surface area contributed by atoms with Crippen LogP contribution in [0, 0.1) is 11.6 Å². The monoisotopic (exact) mass is 247 g/mol. The first kappa shape index (κ1) is 10.6. The lowest BCUT2D eigenvalue weighted by Gasteiger charge is -1.95. The molecule has 2 N–H and O–H groups in total. The summed E-state index contributed by atoms with van der Waals surface area (Å²) in [4.78, 5) is 10.6. The Morgan fingerprint density at radius 3 is 2.72 bits per heavy atom. The van der Waals surface area contributed by atoms with Gasteiger partial charge in [0.1, 0.15) is 22.9 Å². The van der Waals surface area contributed by atoms with E-state index >= 15 is 0 Å². The van der Waals surface area contributed by atoms with Crippen LogP contribution >= 0.6 is 0 Å². The van der Waals surface area contributed by atoms with E-state index in [4.69, 9.17) is 0 Å². The summed E-state index contributed by atoms with van der Waals surface area (Å²) in [6.45, 7) is 0. The minimum Gasteiger partial charge on any atom is -0.506 e. The number of fused-ring (bicyclic) bond motifs is 1. The average Bonchev–Trinajstić information content (AvgIpc) is 2.73. The SMILES string of the molecule is Oc1cncc(-c2nc3c(F)cc(F)cc3[nH]2)c1. The Morgan fingerprint density at radius 1 is 1.11 bits per heavy atom. The lowest BCUT2D eigenvalue weighted by molar-refractivity contribution is 0.473. The van der Waals surface area contributed by atoms with Gasteiger partial charge in [0, 0.05) is 17.8 Å². The summed E-state index contributed by atoms with van der Waals surface area (Å²) in [5, 5.41) is 9.31. The molecule has 0 bridgehead atoms. The molecule has 6 heteroatoms. The van der Waals surface area contributed by atoms with Gasteiger partial charge >= 0.3 is 0 Å². The summed E-state index contributed by atoms with van der Waals surface area (Å²) in [6.07, 6.45) is 2.73. The average molecular weight is 247 g/mol. The van der Waals surface area contributed by atoms with Gasteiger partial charge in [-0.2, -0.15) is 0 Å². The molecule has 3 aromatic rings. The number of hydrogen-bond acceptors (Lipinski definition) is 3. The zero-order valence-corrected chi connectivity index (χ0v) is 8.98. The highest BCUT2D eigenvalue weighted by molar-refractivity contribution is 5.80. The van der Waals surface area contributed by atoms with Crippen molar-refractivity contribution in [3.63, 3.8) is 0 Å². The number of H-pyrrole nitrogens is 1. The Hall–Kier alpha value is -2.50. The molecular weight excluding hydrogens is 240 g/mol. The molecule has 0 radical (unpaired) electrons. The molecule has 3 rings (SSSR count). The molecule has 18 heavy (non-hydrogen) atoms. The quantitative estimate of drug-likeness (QED) is 0.694. The third-order valence-corrected chi connectivity index (χ3v) is 2.50. The number of aromatic nitrogens is 3. The van der Waals surface area contributed by atoms with Crippen molar-refractivity contribution in [2.45, 2.75) is 0 Å². The lowest BCUT2D eigenvalue weighted by atomic mass is 10.2. The number of hydrogen-bond donors (Lipinski definition) is 2. The number of nitrogens with one attached hydrogen (secondary N) is 1. The minimum atomic E-state index is -0.736. The van der Waals surface area contributed by atoms with E-state index in [1.165, 1.54) is 18.5 Å². The highest BCUT2D eigenvalue weighted by Gasteiger charge is 2.11. The maximum Gasteiger partial charge on any atom is 0.153 e. The van der Waals surface area contributed by atoms with Crippen LogP contribution < -0.4 is 0 Å². The highest BCUT2D eigenvalue weighted by Crippen LogP contribution is 2.24. The van der Waals surface area contributed by atoms with Gasteiger partial charge in [-0.15, -0.1) is 0 Å². The zero-order chi connectivity index (χ0) is 12.7. The summed E-state index contributed by atoms with van der Waals surface area (Å²) in [5.74, 6) is -1.12. The van der Waals surface area contributed by atoms with E-state index in [0.29, 0.717) is 11.4 Å². The molecule has 0 spiro atoms. The lowest BCUT2D eigenvalue weighted by Crippen LogP contribution is -1.82. The summed E-state index contributed by atoms with van der Waals surface area (Å²) in [6, 6.07) is 3.36. The Bertz CT molecular complexity index is 739. The van der Waals surface area contributed by atoms with Crippen LogP contribution in [0.2, 0.25) is 0 Å². The molecule has 0 saturated carbocycles. The van der Waals surface area contributed by atoms with E-state index in [0.717, 1.165) is 12.1 Å². The molecule has 0 amide bonds. The van der Waals surface area contributed by atoms with Crippen molar-refractivity contribution in [3.05, 3.63) is 42.2 Å². The van der Waals surface area contributed by atoms with Crippen molar-refractivity contribution in [3.8, 4) is 17.1 Å². The Balaban J connectivity index is 2.22. The topological polar surface area (TPSA) is 61.8 Å². The van der Waals surface area contributed by atoms with Gasteiger partial charge in [0.25, 0.3) is 0 Å². The van der Waals surface area contributed by atoms with E-state index in [1.807, 2.05) is 0 Å². The van der Waals surface area contributed by atoms with E-state index in [-0.39, 0.29) is 16.8 Å². The molecule has 0 aliphatic carbocycles. The number of benzene rings is 1. The second kappa shape index (κ2) is 3.76. The Morgan fingerprint density at radius 2 is 1.94 bits per heavy atom. The number of imidazole rings is 1. The van der Waals surface area contributed by atoms with Gasteiger partial charge in [-0.3, -0.25) is 4.98 Å². The van der Waals surface area contributed by atoms with Crippen LogP contribution in [0.25, 0.3) is 22.4 Å². The zero-order valence-electron chi connectivity index (χ0n) is 8.98. The predicted octanol–water partition coefficient (Wildman–Crippen LogP) is 2.61. The van der Waals surface area contributed by atoms with Crippen molar-refractivity contribution in [2.24, 2.45) is 0 Å². The molecule has 0 atom stereocenters. The first-order chi connectivity index (χ1) is 8.63. The van der Waals surface area contributed by atoms with Gasteiger partial charge in [0.05, 0.1) is 11.7 Å². The van der Waals surface area contributed by atoms with Crippen LogP contribution in [0.5, 0.6) is 5.75 Å². The molecule has 0 aliphatic heterocycles. The van der Waals surface area contributed by atoms with Gasteiger partial charge in [0.2, 0.25) is 0 Å². The van der Waals surface area contributed by atoms with Crippen molar-refractivity contribution >= 4 is 11.0 Å². The fraction of sp³-hybridized carbons (Fsp3) is 0. The minimum absolute atomic E-state index is 0.0281. The van der Waals surface area contributed by atoms with E-state index in [9.17, 15) is 13.9 Å². The number of rotatable bonds is 1. The van der Waals surface area contributed by atoms with E-state index in [2.05, 4.69) is 15.0 Å². The van der Waals surface area contributed by atoms with Crippen LogP contribution in [0.15, 0.2) is 30.6 Å². The molecule has 0 saturated heterocycles. The molecule has 90 valence electrons. The van der Waals surface area contributed by atoms with Crippen molar-refractivity contribution < 1.29 is 13.9 Å². The van der Waals surface area contributed by atoms with Gasteiger partial charge in [0.15, 0.2) is 5.82 Å². The second-order valence-corrected chi connectivity index (χ2v) is 3.80. The summed E-state index contributed by atoms with van der Waals surface area (Å²) >= 11 is 0. The maximum absolute atomic E-state index is 13.5. The van der Waals surface area contributed by atoms with Gasteiger partial charge in [-0.05, 0) is 12.1 Å². The molecule has 0 unspecified atom stereocenters. The molecule has 4 nitrogen and oxygen atoms in total. The molecule has 2 heterocycles. The van der Waals surface area contributed by atoms with Crippen LogP contribution in [0.4, 0.5) is 8.78 Å². The van der Waals surface area contributed by atoms with E-state index in [1.54, 1.807) is 0 Å². The Labute approximate surface area is 99.9 Å². The largest absolute Gasteiger partial charge is 0.506 e. The normalized spacial score (nSPS) is 11.0. The van der Waals surface area contributed by atoms with Gasteiger partial charge < -0.3 is 10.1 Å². The number of pyridine rings is 1. The van der Waals surface area contributed by atoms with Crippen molar-refractivity contribution in [1.82, 2.24) is 15.0 Å². The van der Waals surface area contributed by atoms with Crippen LogP contribution in [-0.2, 0) is 0 Å². The molecule has 1 aromatic carbocycles. The van der Waals surface area contributed by atoms with Gasteiger partial charge in [-0.1, -0.05) is 0 Å². The fourth-order valence-corrected chi connectivity index (χ4v) is 1.74. The van der Waals surface area contributed by atoms with Crippen LogP contribution in [0.3, 0.4) is 0 Å². The molecule has 2 aromatic heterocycles. The third-order valence-electron chi connectivity index (χ3n) is 2.50. The van der Waals surface area contributed by atoms with E-state index < -0.39 is 11.6 Å². The third kappa shape index (κ3) is 1.67. The maximum atomic E-state index is 13.5. The second-order valence-electron chi connectivity index (χ2n) is 3.80. The van der Waals surface area contributed by atoms with Crippen molar-refractivity contribution in [1.29, 1.82) is 0 Å². The van der Waals surface area contributed by atoms with Crippen molar-refractivity contribution in [2.75, 3.05) is 0 Å². The highest BCUT2D eigenvalue weighted by atomic mass is 19.1. The number of nitrogens with zero attached hydrogens (tertiary/aromatic N) is 2.